The van der Waals surface area contributed by atoms with Gasteiger partial charge in [0.1, 0.15) is 12.1 Å². The number of nitrogens with one attached hydrogen (secondary N) is 2. The molecule has 1 amide bonds. The van der Waals surface area contributed by atoms with Gasteiger partial charge >= 0.3 is 5.97 Å². The van der Waals surface area contributed by atoms with Gasteiger partial charge in [0.25, 0.3) is 0 Å². The van der Waals surface area contributed by atoms with E-state index in [0.717, 1.165) is 5.56 Å². The highest BCUT2D eigenvalue weighted by molar-refractivity contribution is 5.85. The first-order valence-electron chi connectivity index (χ1n) is 7.02. The largest absolute Gasteiger partial charge is 0.459 e. The Hall–Kier alpha value is -1.88. The molecule has 1 atom stereocenters. The molecule has 2 N–H and O–H groups in total. The molecule has 0 heterocycles. The summed E-state index contributed by atoms with van der Waals surface area (Å²) in [7, 11) is 1.72. The highest BCUT2D eigenvalue weighted by atomic mass is 16.6. The van der Waals surface area contributed by atoms with Crippen LogP contribution in [0, 0.1) is 0 Å². The zero-order chi connectivity index (χ0) is 15.9. The van der Waals surface area contributed by atoms with Crippen LogP contribution in [0.3, 0.4) is 0 Å². The standard InChI is InChI=1S/C16H24N2O3/c1-16(2,3)21-14(19)11-18-15(20)13(17-4)10-12-8-6-5-7-9-12/h5-9,13,17H,10-11H2,1-4H3,(H,18,20)/t13-/m0/s1. The number of esters is 1. The van der Waals surface area contributed by atoms with Gasteiger partial charge in [-0.3, -0.25) is 9.59 Å². The number of hydrogen-bond donors (Lipinski definition) is 2. The van der Waals surface area contributed by atoms with Crippen LogP contribution in [0.25, 0.3) is 0 Å². The first-order chi connectivity index (χ1) is 9.81. The molecular weight excluding hydrogens is 268 g/mol. The lowest BCUT2D eigenvalue weighted by Crippen LogP contribution is -2.46. The normalized spacial score (nSPS) is 12.6. The number of hydrogen-bond acceptors (Lipinski definition) is 4. The molecule has 0 aliphatic rings. The van der Waals surface area contributed by atoms with Crippen molar-refractivity contribution in [2.24, 2.45) is 0 Å². The van der Waals surface area contributed by atoms with E-state index >= 15 is 0 Å². The summed E-state index contributed by atoms with van der Waals surface area (Å²) in [5.74, 6) is -0.655. The molecule has 116 valence electrons. The molecule has 5 nitrogen and oxygen atoms in total. The summed E-state index contributed by atoms with van der Waals surface area (Å²) in [5.41, 5.74) is 0.512. The lowest BCUT2D eigenvalue weighted by Gasteiger charge is -2.20. The molecule has 1 aromatic carbocycles. The van der Waals surface area contributed by atoms with E-state index in [2.05, 4.69) is 10.6 Å². The van der Waals surface area contributed by atoms with Gasteiger partial charge in [-0.15, -0.1) is 0 Å². The average molecular weight is 292 g/mol. The van der Waals surface area contributed by atoms with Crippen LogP contribution >= 0.6 is 0 Å². The van der Waals surface area contributed by atoms with E-state index < -0.39 is 11.6 Å². The van der Waals surface area contributed by atoms with Gasteiger partial charge in [0.05, 0.1) is 6.04 Å². The van der Waals surface area contributed by atoms with Crippen LogP contribution in [-0.4, -0.2) is 37.1 Å². The zero-order valence-corrected chi connectivity index (χ0v) is 13.1. The third-order valence-electron chi connectivity index (χ3n) is 2.77. The third kappa shape index (κ3) is 6.90. The molecule has 21 heavy (non-hydrogen) atoms. The van der Waals surface area contributed by atoms with Crippen molar-refractivity contribution in [1.82, 2.24) is 10.6 Å². The predicted octanol–water partition coefficient (Wildman–Crippen LogP) is 1.27. The molecule has 0 saturated heterocycles. The summed E-state index contributed by atoms with van der Waals surface area (Å²) in [5, 5.41) is 5.56. The molecule has 0 spiro atoms. The summed E-state index contributed by atoms with van der Waals surface area (Å²) in [6.45, 7) is 5.25. The van der Waals surface area contributed by atoms with Crippen LogP contribution in [0.1, 0.15) is 26.3 Å². The lowest BCUT2D eigenvalue weighted by atomic mass is 10.1. The Bertz CT molecular complexity index is 466. The number of benzene rings is 1. The van der Waals surface area contributed by atoms with E-state index in [9.17, 15) is 9.59 Å². The van der Waals surface area contributed by atoms with Crippen molar-refractivity contribution in [2.75, 3.05) is 13.6 Å². The second-order valence-electron chi connectivity index (χ2n) is 5.84. The maximum absolute atomic E-state index is 12.1. The van der Waals surface area contributed by atoms with Crippen molar-refractivity contribution in [1.29, 1.82) is 0 Å². The topological polar surface area (TPSA) is 67.4 Å². The number of likely N-dealkylation sites (N-methyl/N-ethyl adjacent to an activating group) is 1. The van der Waals surface area contributed by atoms with Crippen molar-refractivity contribution in [3.8, 4) is 0 Å². The summed E-state index contributed by atoms with van der Waals surface area (Å²) >= 11 is 0. The molecular formula is C16H24N2O3. The van der Waals surface area contributed by atoms with Crippen molar-refractivity contribution in [2.45, 2.75) is 38.8 Å². The van der Waals surface area contributed by atoms with Crippen molar-refractivity contribution >= 4 is 11.9 Å². The quantitative estimate of drug-likeness (QED) is 0.775. The van der Waals surface area contributed by atoms with Crippen molar-refractivity contribution < 1.29 is 14.3 Å². The highest BCUT2D eigenvalue weighted by Crippen LogP contribution is 2.06. The molecule has 5 heteroatoms. The fourth-order valence-electron chi connectivity index (χ4n) is 1.84. The summed E-state index contributed by atoms with van der Waals surface area (Å²) in [6, 6.07) is 9.34. The van der Waals surface area contributed by atoms with Crippen molar-refractivity contribution in [3.63, 3.8) is 0 Å². The van der Waals surface area contributed by atoms with Gasteiger partial charge in [0, 0.05) is 0 Å². The summed E-state index contributed by atoms with van der Waals surface area (Å²) < 4.78 is 5.15. The smallest absolute Gasteiger partial charge is 0.325 e. The van der Waals surface area contributed by atoms with Crippen molar-refractivity contribution in [3.05, 3.63) is 35.9 Å². The molecule has 0 fully saturated rings. The second-order valence-corrected chi connectivity index (χ2v) is 5.84. The Morgan fingerprint density at radius 1 is 1.19 bits per heavy atom. The number of rotatable bonds is 6. The van der Waals surface area contributed by atoms with Gasteiger partial charge in [-0.2, -0.15) is 0 Å². The minimum absolute atomic E-state index is 0.122. The minimum atomic E-state index is -0.547. The molecule has 0 aliphatic heterocycles. The highest BCUT2D eigenvalue weighted by Gasteiger charge is 2.20. The van der Waals surface area contributed by atoms with Gasteiger partial charge in [-0.25, -0.2) is 0 Å². The Labute approximate surface area is 126 Å². The van der Waals surface area contributed by atoms with Crippen LogP contribution in [-0.2, 0) is 20.7 Å². The molecule has 0 saturated carbocycles. The molecule has 1 aromatic rings. The van der Waals surface area contributed by atoms with Crippen LogP contribution in [0.5, 0.6) is 0 Å². The fourth-order valence-corrected chi connectivity index (χ4v) is 1.84. The first kappa shape index (κ1) is 17.2. The molecule has 0 aliphatic carbocycles. The Balaban J connectivity index is 2.47. The van der Waals surface area contributed by atoms with Gasteiger partial charge in [0.15, 0.2) is 0 Å². The maximum Gasteiger partial charge on any atom is 0.325 e. The Morgan fingerprint density at radius 2 is 1.81 bits per heavy atom. The lowest BCUT2D eigenvalue weighted by molar-refractivity contribution is -0.154. The van der Waals surface area contributed by atoms with Crippen LogP contribution in [0.2, 0.25) is 0 Å². The van der Waals surface area contributed by atoms with Gasteiger partial charge in [-0.05, 0) is 39.8 Å². The van der Waals surface area contributed by atoms with Crippen LogP contribution in [0.4, 0.5) is 0 Å². The van der Waals surface area contributed by atoms with Crippen LogP contribution < -0.4 is 10.6 Å². The first-order valence-corrected chi connectivity index (χ1v) is 7.02. The van der Waals surface area contributed by atoms with E-state index in [0.29, 0.717) is 6.42 Å². The molecule has 0 unspecified atom stereocenters. The summed E-state index contributed by atoms with van der Waals surface area (Å²) in [4.78, 5) is 23.6. The van der Waals surface area contributed by atoms with E-state index in [1.807, 2.05) is 30.3 Å². The second kappa shape index (κ2) is 7.78. The average Bonchev–Trinajstić information content (AvgIpc) is 2.41. The molecule has 0 bridgehead atoms. The monoisotopic (exact) mass is 292 g/mol. The maximum atomic E-state index is 12.1. The summed E-state index contributed by atoms with van der Waals surface area (Å²) in [6.07, 6.45) is 0.567. The SMILES string of the molecule is CN[C@@H](Cc1ccccc1)C(=O)NCC(=O)OC(C)(C)C. The van der Waals surface area contributed by atoms with Gasteiger partial charge in [0.2, 0.25) is 5.91 Å². The molecule has 0 aromatic heterocycles. The predicted molar refractivity (Wildman–Crippen MR) is 81.8 cm³/mol. The number of ether oxygens (including phenoxy) is 1. The van der Waals surface area contributed by atoms with E-state index in [1.54, 1.807) is 27.8 Å². The Morgan fingerprint density at radius 3 is 2.33 bits per heavy atom. The van der Waals surface area contributed by atoms with Gasteiger partial charge in [-0.1, -0.05) is 30.3 Å². The number of amides is 1. The van der Waals surface area contributed by atoms with E-state index in [4.69, 9.17) is 4.74 Å². The van der Waals surface area contributed by atoms with Gasteiger partial charge < -0.3 is 15.4 Å². The van der Waals surface area contributed by atoms with Crippen LogP contribution in [0.15, 0.2) is 30.3 Å². The number of carbonyl (C=O) groups excluding carboxylic acids is 2. The third-order valence-corrected chi connectivity index (χ3v) is 2.77. The molecule has 0 radical (unpaired) electrons. The number of carbonyl (C=O) groups is 2. The Kier molecular flexibility index (Phi) is 6.37. The van der Waals surface area contributed by atoms with E-state index in [1.165, 1.54) is 0 Å². The van der Waals surface area contributed by atoms with E-state index in [-0.39, 0.29) is 18.5 Å². The zero-order valence-electron chi connectivity index (χ0n) is 13.1. The molecule has 1 rings (SSSR count). The minimum Gasteiger partial charge on any atom is -0.459 e. The fraction of sp³-hybridized carbons (Fsp3) is 0.500.